The van der Waals surface area contributed by atoms with Gasteiger partial charge in [-0.25, -0.2) is 0 Å². The number of rotatable bonds is 4. The Labute approximate surface area is 138 Å². The first-order valence-electron chi connectivity index (χ1n) is 7.41. The van der Waals surface area contributed by atoms with Crippen LogP contribution in [0.25, 0.3) is 5.82 Å². The number of aromatic nitrogens is 2. The Kier molecular flexibility index (Phi) is 4.09. The zero-order valence-corrected chi connectivity index (χ0v) is 14.5. The molecule has 120 valence electrons. The van der Waals surface area contributed by atoms with Crippen LogP contribution in [-0.4, -0.2) is 15.6 Å². The molecule has 3 rings (SSSR count). The highest BCUT2D eigenvalue weighted by atomic mass is 32.1. The topological polar surface area (TPSA) is 60.1 Å². The maximum Gasteiger partial charge on any atom is 0.253 e. The van der Waals surface area contributed by atoms with Crippen molar-refractivity contribution in [3.63, 3.8) is 0 Å². The molecule has 3 aromatic heterocycles. The van der Waals surface area contributed by atoms with Gasteiger partial charge < -0.3 is 9.84 Å². The minimum absolute atomic E-state index is 0.0719. The normalized spacial score (nSPS) is 11.0. The van der Waals surface area contributed by atoms with Crippen molar-refractivity contribution in [1.82, 2.24) is 15.0 Å². The second-order valence-corrected chi connectivity index (χ2v) is 6.63. The standard InChI is InChI=1S/C17H19N3O2S/c1-10-5-6-23-15(10)9-18-17(21)14-7-11(2)20(13(14)4)16-8-12(3)22-19-16/h5-8H,9H2,1-4H3,(H,18,21). The summed E-state index contributed by atoms with van der Waals surface area (Å²) < 4.78 is 7.07. The van der Waals surface area contributed by atoms with Crippen molar-refractivity contribution in [2.24, 2.45) is 0 Å². The van der Waals surface area contributed by atoms with Crippen LogP contribution in [-0.2, 0) is 6.54 Å². The van der Waals surface area contributed by atoms with Crippen LogP contribution in [0.15, 0.2) is 28.1 Å². The van der Waals surface area contributed by atoms with Gasteiger partial charge in [-0.05, 0) is 50.8 Å². The predicted molar refractivity (Wildman–Crippen MR) is 90.3 cm³/mol. The second-order valence-electron chi connectivity index (χ2n) is 5.63. The molecule has 0 aromatic carbocycles. The molecule has 1 N–H and O–H groups in total. The largest absolute Gasteiger partial charge is 0.360 e. The van der Waals surface area contributed by atoms with Crippen molar-refractivity contribution in [2.75, 3.05) is 0 Å². The van der Waals surface area contributed by atoms with Crippen molar-refractivity contribution in [3.05, 3.63) is 56.7 Å². The van der Waals surface area contributed by atoms with E-state index in [0.29, 0.717) is 17.9 Å². The molecular weight excluding hydrogens is 310 g/mol. The second kappa shape index (κ2) is 6.04. The van der Waals surface area contributed by atoms with E-state index in [2.05, 4.69) is 23.5 Å². The first-order valence-corrected chi connectivity index (χ1v) is 8.29. The molecular formula is C17H19N3O2S. The van der Waals surface area contributed by atoms with Gasteiger partial charge >= 0.3 is 0 Å². The Bertz CT molecular complexity index is 857. The van der Waals surface area contributed by atoms with E-state index in [9.17, 15) is 4.79 Å². The van der Waals surface area contributed by atoms with Gasteiger partial charge in [-0.1, -0.05) is 5.16 Å². The first-order chi connectivity index (χ1) is 11.0. The van der Waals surface area contributed by atoms with E-state index in [1.807, 2.05) is 42.9 Å². The molecule has 0 fully saturated rings. The number of thiophene rings is 1. The van der Waals surface area contributed by atoms with Gasteiger partial charge in [0, 0.05) is 22.3 Å². The fraction of sp³-hybridized carbons (Fsp3) is 0.294. The first kappa shape index (κ1) is 15.6. The van der Waals surface area contributed by atoms with Crippen molar-refractivity contribution in [1.29, 1.82) is 0 Å². The third kappa shape index (κ3) is 2.94. The SMILES string of the molecule is Cc1cc(-n2c(C)cc(C(=O)NCc3sccc3C)c2C)no1. The van der Waals surface area contributed by atoms with Gasteiger partial charge in [-0.15, -0.1) is 11.3 Å². The van der Waals surface area contributed by atoms with Gasteiger partial charge in [0.25, 0.3) is 5.91 Å². The smallest absolute Gasteiger partial charge is 0.253 e. The third-order valence-electron chi connectivity index (χ3n) is 3.90. The third-order valence-corrected chi connectivity index (χ3v) is 4.92. The fourth-order valence-electron chi connectivity index (χ4n) is 2.64. The van der Waals surface area contributed by atoms with Gasteiger partial charge in [0.15, 0.2) is 5.82 Å². The van der Waals surface area contributed by atoms with Gasteiger partial charge in [0.05, 0.1) is 12.1 Å². The number of hydrogen-bond donors (Lipinski definition) is 1. The number of aryl methyl sites for hydroxylation is 3. The zero-order valence-electron chi connectivity index (χ0n) is 13.6. The van der Waals surface area contributed by atoms with E-state index in [4.69, 9.17) is 4.52 Å². The molecule has 0 spiro atoms. The van der Waals surface area contributed by atoms with Crippen LogP contribution in [0.2, 0.25) is 0 Å². The summed E-state index contributed by atoms with van der Waals surface area (Å²) in [6.45, 7) is 8.33. The summed E-state index contributed by atoms with van der Waals surface area (Å²) in [5, 5.41) is 9.07. The lowest BCUT2D eigenvalue weighted by molar-refractivity contribution is 0.0950. The highest BCUT2D eigenvalue weighted by Crippen LogP contribution is 2.21. The van der Waals surface area contributed by atoms with Crippen LogP contribution in [0, 0.1) is 27.7 Å². The molecule has 23 heavy (non-hydrogen) atoms. The lowest BCUT2D eigenvalue weighted by Gasteiger charge is -2.06. The van der Waals surface area contributed by atoms with E-state index in [1.165, 1.54) is 10.4 Å². The Morgan fingerprint density at radius 2 is 2.09 bits per heavy atom. The Morgan fingerprint density at radius 3 is 2.70 bits per heavy atom. The summed E-state index contributed by atoms with van der Waals surface area (Å²) in [7, 11) is 0. The lowest BCUT2D eigenvalue weighted by atomic mass is 10.2. The molecule has 0 bridgehead atoms. The monoisotopic (exact) mass is 329 g/mol. The van der Waals surface area contributed by atoms with Crippen LogP contribution in [0.3, 0.4) is 0 Å². The summed E-state index contributed by atoms with van der Waals surface area (Å²) in [5.41, 5.74) is 3.68. The highest BCUT2D eigenvalue weighted by Gasteiger charge is 2.18. The van der Waals surface area contributed by atoms with Gasteiger partial charge in [-0.2, -0.15) is 0 Å². The molecule has 0 saturated carbocycles. The van der Waals surface area contributed by atoms with Crippen molar-refractivity contribution in [2.45, 2.75) is 34.2 Å². The summed E-state index contributed by atoms with van der Waals surface area (Å²) in [5.74, 6) is 1.37. The van der Waals surface area contributed by atoms with Crippen LogP contribution < -0.4 is 5.32 Å². The van der Waals surface area contributed by atoms with Crippen molar-refractivity contribution < 1.29 is 9.32 Å². The van der Waals surface area contributed by atoms with Crippen LogP contribution in [0.4, 0.5) is 0 Å². The zero-order chi connectivity index (χ0) is 16.6. The Hall–Kier alpha value is -2.34. The number of nitrogens with one attached hydrogen (secondary N) is 1. The molecule has 0 aliphatic carbocycles. The molecule has 3 aromatic rings. The molecule has 0 atom stereocenters. The predicted octanol–water partition coefficient (Wildman–Crippen LogP) is 3.69. The van der Waals surface area contributed by atoms with E-state index in [1.54, 1.807) is 11.3 Å². The van der Waals surface area contributed by atoms with Crippen molar-refractivity contribution in [3.8, 4) is 5.82 Å². The number of amides is 1. The fourth-order valence-corrected chi connectivity index (χ4v) is 3.49. The van der Waals surface area contributed by atoms with E-state index >= 15 is 0 Å². The quantitative estimate of drug-likeness (QED) is 0.794. The minimum Gasteiger partial charge on any atom is -0.360 e. The van der Waals surface area contributed by atoms with Crippen LogP contribution in [0.1, 0.15) is 37.9 Å². The van der Waals surface area contributed by atoms with Gasteiger partial charge in [0.2, 0.25) is 0 Å². The number of carbonyl (C=O) groups is 1. The van der Waals surface area contributed by atoms with Gasteiger partial charge in [-0.3, -0.25) is 9.36 Å². The number of carbonyl (C=O) groups excluding carboxylic acids is 1. The highest BCUT2D eigenvalue weighted by molar-refractivity contribution is 7.10. The molecule has 0 saturated heterocycles. The summed E-state index contributed by atoms with van der Waals surface area (Å²) in [4.78, 5) is 13.7. The molecule has 0 radical (unpaired) electrons. The molecule has 6 heteroatoms. The average Bonchev–Trinajstić information content (AvgIpc) is 3.17. The average molecular weight is 329 g/mol. The van der Waals surface area contributed by atoms with E-state index < -0.39 is 0 Å². The lowest BCUT2D eigenvalue weighted by Crippen LogP contribution is -2.23. The van der Waals surface area contributed by atoms with E-state index in [-0.39, 0.29) is 5.91 Å². The number of nitrogens with zero attached hydrogens (tertiary/aromatic N) is 2. The molecule has 3 heterocycles. The maximum atomic E-state index is 12.5. The summed E-state index contributed by atoms with van der Waals surface area (Å²) >= 11 is 1.66. The van der Waals surface area contributed by atoms with Gasteiger partial charge in [0.1, 0.15) is 5.76 Å². The van der Waals surface area contributed by atoms with Crippen LogP contribution in [0.5, 0.6) is 0 Å². The summed E-state index contributed by atoms with van der Waals surface area (Å²) in [6.07, 6.45) is 0. The minimum atomic E-state index is -0.0719. The molecule has 0 aliphatic rings. The molecule has 1 amide bonds. The number of hydrogen-bond acceptors (Lipinski definition) is 4. The van der Waals surface area contributed by atoms with E-state index in [0.717, 1.165) is 17.1 Å². The Morgan fingerprint density at radius 1 is 1.30 bits per heavy atom. The van der Waals surface area contributed by atoms with Crippen LogP contribution >= 0.6 is 11.3 Å². The van der Waals surface area contributed by atoms with Crippen molar-refractivity contribution >= 4 is 17.2 Å². The molecule has 0 aliphatic heterocycles. The summed E-state index contributed by atoms with van der Waals surface area (Å²) in [6, 6.07) is 5.80. The Balaban J connectivity index is 1.83. The molecule has 5 nitrogen and oxygen atoms in total. The maximum absolute atomic E-state index is 12.5. The molecule has 0 unspecified atom stereocenters.